The fourth-order valence-electron chi connectivity index (χ4n) is 1.60. The van der Waals surface area contributed by atoms with E-state index in [2.05, 4.69) is 11.4 Å². The molecule has 0 saturated heterocycles. The molecule has 1 aliphatic rings. The second-order valence-electron chi connectivity index (χ2n) is 3.30. The number of rotatable bonds is 1. The Bertz CT molecular complexity index is 372. The molecule has 3 heteroatoms. The molecular weight excluding hydrogens is 217 g/mol. The van der Waals surface area contributed by atoms with E-state index in [1.807, 2.05) is 18.2 Å². The molecule has 0 atom stereocenters. The molecule has 1 aliphatic heterocycles. The third-order valence-electron chi connectivity index (χ3n) is 2.32. The van der Waals surface area contributed by atoms with Crippen LogP contribution in [0.5, 0.6) is 0 Å². The second kappa shape index (κ2) is 4.35. The SMILES string of the molecule is Clc1cccc(C2=CCCNC2)c1Cl. The minimum atomic E-state index is 0.621. The average Bonchev–Trinajstić information content (AvgIpc) is 2.23. The van der Waals surface area contributed by atoms with Crippen molar-refractivity contribution in [2.75, 3.05) is 13.1 Å². The van der Waals surface area contributed by atoms with Crippen molar-refractivity contribution in [3.8, 4) is 0 Å². The lowest BCUT2D eigenvalue weighted by Gasteiger charge is -2.15. The summed E-state index contributed by atoms with van der Waals surface area (Å²) in [6, 6.07) is 5.75. The van der Waals surface area contributed by atoms with Crippen LogP contribution in [0.1, 0.15) is 12.0 Å². The molecular formula is C11H11Cl2N. The molecule has 1 heterocycles. The molecule has 0 fully saturated rings. The first-order valence-electron chi connectivity index (χ1n) is 4.63. The zero-order valence-electron chi connectivity index (χ0n) is 7.69. The van der Waals surface area contributed by atoms with Crippen LogP contribution >= 0.6 is 23.2 Å². The van der Waals surface area contributed by atoms with E-state index in [9.17, 15) is 0 Å². The van der Waals surface area contributed by atoms with Gasteiger partial charge in [0.1, 0.15) is 0 Å². The number of benzene rings is 1. The Morgan fingerprint density at radius 2 is 2.07 bits per heavy atom. The third-order valence-corrected chi connectivity index (χ3v) is 3.14. The highest BCUT2D eigenvalue weighted by Crippen LogP contribution is 2.30. The van der Waals surface area contributed by atoms with Crippen LogP contribution in [0.2, 0.25) is 10.0 Å². The fourth-order valence-corrected chi connectivity index (χ4v) is 2.02. The zero-order chi connectivity index (χ0) is 9.97. The maximum atomic E-state index is 6.13. The highest BCUT2D eigenvalue weighted by atomic mass is 35.5. The standard InChI is InChI=1S/C11H11Cl2N/c12-10-5-1-4-9(11(10)13)8-3-2-6-14-7-8/h1,3-5,14H,2,6-7H2. The monoisotopic (exact) mass is 227 g/mol. The Morgan fingerprint density at radius 1 is 1.21 bits per heavy atom. The summed E-state index contributed by atoms with van der Waals surface area (Å²) >= 11 is 12.1. The van der Waals surface area contributed by atoms with Crippen LogP contribution in [0.25, 0.3) is 5.57 Å². The van der Waals surface area contributed by atoms with E-state index in [0.717, 1.165) is 25.1 Å². The summed E-state index contributed by atoms with van der Waals surface area (Å²) in [6.07, 6.45) is 3.27. The van der Waals surface area contributed by atoms with Crippen molar-refractivity contribution in [3.63, 3.8) is 0 Å². The summed E-state index contributed by atoms with van der Waals surface area (Å²) in [5, 5.41) is 4.59. The highest BCUT2D eigenvalue weighted by Gasteiger charge is 2.10. The zero-order valence-corrected chi connectivity index (χ0v) is 9.20. The molecule has 14 heavy (non-hydrogen) atoms. The largest absolute Gasteiger partial charge is 0.312 e. The van der Waals surface area contributed by atoms with Gasteiger partial charge in [-0.05, 0) is 30.2 Å². The highest BCUT2D eigenvalue weighted by molar-refractivity contribution is 6.43. The van der Waals surface area contributed by atoms with Gasteiger partial charge in [-0.1, -0.05) is 41.4 Å². The van der Waals surface area contributed by atoms with Crippen LogP contribution in [0.4, 0.5) is 0 Å². The van der Waals surface area contributed by atoms with Gasteiger partial charge in [0.25, 0.3) is 0 Å². The van der Waals surface area contributed by atoms with Gasteiger partial charge in [-0.3, -0.25) is 0 Å². The smallest absolute Gasteiger partial charge is 0.0667 e. The molecule has 1 N–H and O–H groups in total. The van der Waals surface area contributed by atoms with Crippen LogP contribution in [0, 0.1) is 0 Å². The molecule has 0 aromatic heterocycles. The third kappa shape index (κ3) is 1.95. The van der Waals surface area contributed by atoms with E-state index >= 15 is 0 Å². The Kier molecular flexibility index (Phi) is 3.12. The van der Waals surface area contributed by atoms with Gasteiger partial charge in [0, 0.05) is 6.54 Å². The van der Waals surface area contributed by atoms with Gasteiger partial charge in [0.15, 0.2) is 0 Å². The lowest BCUT2D eigenvalue weighted by molar-refractivity contribution is 0.739. The van der Waals surface area contributed by atoms with Crippen molar-refractivity contribution in [3.05, 3.63) is 39.9 Å². The van der Waals surface area contributed by atoms with Crippen LogP contribution < -0.4 is 5.32 Å². The molecule has 1 nitrogen and oxygen atoms in total. The van der Waals surface area contributed by atoms with Crippen molar-refractivity contribution >= 4 is 28.8 Å². The maximum absolute atomic E-state index is 6.13. The Balaban J connectivity index is 2.40. The minimum Gasteiger partial charge on any atom is -0.312 e. The van der Waals surface area contributed by atoms with Crippen LogP contribution in [0.15, 0.2) is 24.3 Å². The topological polar surface area (TPSA) is 12.0 Å². The van der Waals surface area contributed by atoms with Crippen molar-refractivity contribution in [2.45, 2.75) is 6.42 Å². The van der Waals surface area contributed by atoms with Gasteiger partial charge in [0.05, 0.1) is 10.0 Å². The van der Waals surface area contributed by atoms with Gasteiger partial charge in [0.2, 0.25) is 0 Å². The Labute approximate surface area is 93.7 Å². The minimum absolute atomic E-state index is 0.621. The van der Waals surface area contributed by atoms with Crippen molar-refractivity contribution < 1.29 is 0 Å². The quantitative estimate of drug-likeness (QED) is 0.776. The summed E-state index contributed by atoms with van der Waals surface area (Å²) in [4.78, 5) is 0. The van der Waals surface area contributed by atoms with Gasteiger partial charge >= 0.3 is 0 Å². The summed E-state index contributed by atoms with van der Waals surface area (Å²) < 4.78 is 0. The lowest BCUT2D eigenvalue weighted by Crippen LogP contribution is -2.21. The predicted octanol–water partition coefficient (Wildman–Crippen LogP) is 3.37. The number of nitrogens with one attached hydrogen (secondary N) is 1. The summed E-state index contributed by atoms with van der Waals surface area (Å²) in [5.41, 5.74) is 2.29. The molecule has 0 radical (unpaired) electrons. The number of hydrogen-bond donors (Lipinski definition) is 1. The fraction of sp³-hybridized carbons (Fsp3) is 0.273. The molecule has 0 spiro atoms. The predicted molar refractivity (Wildman–Crippen MR) is 61.9 cm³/mol. The molecule has 2 rings (SSSR count). The van der Waals surface area contributed by atoms with Gasteiger partial charge < -0.3 is 5.32 Å². The van der Waals surface area contributed by atoms with Crippen molar-refractivity contribution in [1.82, 2.24) is 5.32 Å². The van der Waals surface area contributed by atoms with E-state index in [0.29, 0.717) is 10.0 Å². The van der Waals surface area contributed by atoms with Gasteiger partial charge in [-0.2, -0.15) is 0 Å². The molecule has 0 saturated carbocycles. The molecule has 0 bridgehead atoms. The van der Waals surface area contributed by atoms with Crippen LogP contribution in [-0.4, -0.2) is 13.1 Å². The summed E-state index contributed by atoms with van der Waals surface area (Å²) in [5.74, 6) is 0. The molecule has 1 aromatic carbocycles. The van der Waals surface area contributed by atoms with Gasteiger partial charge in [-0.15, -0.1) is 0 Å². The molecule has 1 aromatic rings. The first kappa shape index (κ1) is 10.0. The number of halogens is 2. The first-order valence-corrected chi connectivity index (χ1v) is 5.39. The maximum Gasteiger partial charge on any atom is 0.0667 e. The molecule has 0 amide bonds. The Hall–Kier alpha value is -0.500. The van der Waals surface area contributed by atoms with E-state index in [4.69, 9.17) is 23.2 Å². The first-order chi connectivity index (χ1) is 6.79. The van der Waals surface area contributed by atoms with Gasteiger partial charge in [-0.25, -0.2) is 0 Å². The van der Waals surface area contributed by atoms with Crippen LogP contribution in [-0.2, 0) is 0 Å². The Morgan fingerprint density at radius 3 is 2.79 bits per heavy atom. The molecule has 74 valence electrons. The van der Waals surface area contributed by atoms with Crippen molar-refractivity contribution in [1.29, 1.82) is 0 Å². The van der Waals surface area contributed by atoms with Crippen LogP contribution in [0.3, 0.4) is 0 Å². The van der Waals surface area contributed by atoms with E-state index < -0.39 is 0 Å². The molecule has 0 unspecified atom stereocenters. The summed E-state index contributed by atoms with van der Waals surface area (Å²) in [7, 11) is 0. The van der Waals surface area contributed by atoms with E-state index in [1.165, 1.54) is 5.57 Å². The normalized spacial score (nSPS) is 16.6. The lowest BCUT2D eigenvalue weighted by atomic mass is 10.0. The van der Waals surface area contributed by atoms with E-state index in [-0.39, 0.29) is 0 Å². The average molecular weight is 228 g/mol. The number of hydrogen-bond acceptors (Lipinski definition) is 1. The second-order valence-corrected chi connectivity index (χ2v) is 4.08. The molecule has 0 aliphatic carbocycles. The summed E-state index contributed by atoms with van der Waals surface area (Å²) in [6.45, 7) is 1.92. The van der Waals surface area contributed by atoms with E-state index in [1.54, 1.807) is 0 Å². The van der Waals surface area contributed by atoms with Crippen molar-refractivity contribution in [2.24, 2.45) is 0 Å².